The van der Waals surface area contributed by atoms with E-state index in [1.165, 1.54) is 6.07 Å². The largest absolute Gasteiger partial charge is 0.496 e. The van der Waals surface area contributed by atoms with Crippen LogP contribution in [0.2, 0.25) is 0 Å². The number of halogens is 1. The molecule has 1 unspecified atom stereocenters. The Bertz CT molecular complexity index is 459. The van der Waals surface area contributed by atoms with Crippen molar-refractivity contribution in [1.29, 1.82) is 0 Å². The van der Waals surface area contributed by atoms with Crippen molar-refractivity contribution in [3.63, 3.8) is 0 Å². The minimum atomic E-state index is -0.290. The van der Waals surface area contributed by atoms with E-state index >= 15 is 0 Å². The molecular formula is C15H20FNO2. The quantitative estimate of drug-likeness (QED) is 0.887. The summed E-state index contributed by atoms with van der Waals surface area (Å²) < 4.78 is 25.1. The Hall–Kier alpha value is -1.55. The number of methoxy groups -OCH3 is 1. The van der Waals surface area contributed by atoms with Gasteiger partial charge in [0.2, 0.25) is 0 Å². The van der Waals surface area contributed by atoms with Crippen molar-refractivity contribution in [1.82, 2.24) is 5.32 Å². The molecule has 0 spiro atoms. The molecule has 0 radical (unpaired) electrons. The van der Waals surface area contributed by atoms with E-state index in [4.69, 9.17) is 9.47 Å². The SMILES string of the molecule is CCNC(C1=CCCCO1)c1c(F)cccc1OC. The number of hydrogen-bond acceptors (Lipinski definition) is 3. The summed E-state index contributed by atoms with van der Waals surface area (Å²) in [5.74, 6) is 1.05. The van der Waals surface area contributed by atoms with Gasteiger partial charge in [-0.3, -0.25) is 0 Å². The van der Waals surface area contributed by atoms with Gasteiger partial charge in [-0.15, -0.1) is 0 Å². The molecule has 0 saturated carbocycles. The molecule has 2 rings (SSSR count). The highest BCUT2D eigenvalue weighted by Gasteiger charge is 2.25. The summed E-state index contributed by atoms with van der Waals surface area (Å²) in [6.07, 6.45) is 4.01. The van der Waals surface area contributed by atoms with Crippen LogP contribution in [0.1, 0.15) is 31.4 Å². The Labute approximate surface area is 113 Å². The molecule has 1 N–H and O–H groups in total. The zero-order chi connectivity index (χ0) is 13.7. The first-order chi connectivity index (χ1) is 9.27. The maximum Gasteiger partial charge on any atom is 0.132 e. The van der Waals surface area contributed by atoms with Crippen molar-refractivity contribution in [2.45, 2.75) is 25.8 Å². The van der Waals surface area contributed by atoms with Crippen LogP contribution in [0.3, 0.4) is 0 Å². The number of nitrogens with one attached hydrogen (secondary N) is 1. The Morgan fingerprint density at radius 3 is 2.95 bits per heavy atom. The van der Waals surface area contributed by atoms with Gasteiger partial charge in [0.25, 0.3) is 0 Å². The second-order valence-electron chi connectivity index (χ2n) is 4.44. The summed E-state index contributed by atoms with van der Waals surface area (Å²) in [4.78, 5) is 0. The fourth-order valence-electron chi connectivity index (χ4n) is 2.30. The van der Waals surface area contributed by atoms with Crippen molar-refractivity contribution < 1.29 is 13.9 Å². The van der Waals surface area contributed by atoms with Gasteiger partial charge in [-0.05, 0) is 37.6 Å². The van der Waals surface area contributed by atoms with Crippen molar-refractivity contribution in [2.24, 2.45) is 0 Å². The summed E-state index contributed by atoms with van der Waals surface area (Å²) in [6.45, 7) is 3.40. The van der Waals surface area contributed by atoms with Crippen LogP contribution in [-0.4, -0.2) is 20.3 Å². The first-order valence-corrected chi connectivity index (χ1v) is 6.66. The minimum Gasteiger partial charge on any atom is -0.496 e. The number of likely N-dealkylation sites (N-methyl/N-ethyl adjacent to an activating group) is 1. The van der Waals surface area contributed by atoms with E-state index in [0.29, 0.717) is 17.9 Å². The molecule has 0 bridgehead atoms. The molecule has 104 valence electrons. The fourth-order valence-corrected chi connectivity index (χ4v) is 2.30. The number of rotatable bonds is 5. The van der Waals surface area contributed by atoms with Crippen molar-refractivity contribution in [3.05, 3.63) is 41.4 Å². The molecule has 19 heavy (non-hydrogen) atoms. The van der Waals surface area contributed by atoms with E-state index in [1.54, 1.807) is 19.2 Å². The predicted octanol–water partition coefficient (Wildman–Crippen LogP) is 3.18. The third-order valence-corrected chi connectivity index (χ3v) is 3.18. The number of hydrogen-bond donors (Lipinski definition) is 1. The van der Waals surface area contributed by atoms with Gasteiger partial charge in [0.1, 0.15) is 17.3 Å². The highest BCUT2D eigenvalue weighted by atomic mass is 19.1. The van der Waals surface area contributed by atoms with Gasteiger partial charge >= 0.3 is 0 Å². The van der Waals surface area contributed by atoms with Gasteiger partial charge in [-0.25, -0.2) is 4.39 Å². The normalized spacial score (nSPS) is 16.5. The lowest BCUT2D eigenvalue weighted by Gasteiger charge is -2.26. The molecule has 1 atom stereocenters. The average molecular weight is 265 g/mol. The van der Waals surface area contributed by atoms with E-state index in [0.717, 1.165) is 25.1 Å². The number of ether oxygens (including phenoxy) is 2. The molecule has 0 amide bonds. The molecule has 1 aliphatic rings. The van der Waals surface area contributed by atoms with Crippen molar-refractivity contribution in [2.75, 3.05) is 20.3 Å². The van der Waals surface area contributed by atoms with Crippen LogP contribution in [0.15, 0.2) is 30.0 Å². The Kier molecular flexibility index (Phi) is 4.80. The molecule has 1 heterocycles. The second-order valence-corrected chi connectivity index (χ2v) is 4.44. The van der Waals surface area contributed by atoms with E-state index in [2.05, 4.69) is 5.32 Å². The number of allylic oxidation sites excluding steroid dienone is 1. The Balaban J connectivity index is 2.41. The molecule has 4 heteroatoms. The van der Waals surface area contributed by atoms with Gasteiger partial charge in [0.05, 0.1) is 25.3 Å². The smallest absolute Gasteiger partial charge is 0.132 e. The molecule has 3 nitrogen and oxygen atoms in total. The third-order valence-electron chi connectivity index (χ3n) is 3.18. The summed E-state index contributed by atoms with van der Waals surface area (Å²) in [5.41, 5.74) is 0.514. The molecule has 1 aromatic rings. The maximum atomic E-state index is 14.2. The molecular weight excluding hydrogens is 245 g/mol. The number of benzene rings is 1. The van der Waals surface area contributed by atoms with E-state index in [9.17, 15) is 4.39 Å². The molecule has 0 saturated heterocycles. The maximum absolute atomic E-state index is 14.2. The topological polar surface area (TPSA) is 30.5 Å². The van der Waals surface area contributed by atoms with Crippen LogP contribution < -0.4 is 10.1 Å². The molecule has 0 aliphatic carbocycles. The van der Waals surface area contributed by atoms with Crippen LogP contribution in [0, 0.1) is 5.82 Å². The Morgan fingerprint density at radius 2 is 2.32 bits per heavy atom. The lowest BCUT2D eigenvalue weighted by molar-refractivity contribution is 0.166. The summed E-state index contributed by atoms with van der Waals surface area (Å²) in [6, 6.07) is 4.58. The molecule has 0 fully saturated rings. The summed E-state index contributed by atoms with van der Waals surface area (Å²) in [5, 5.41) is 3.27. The van der Waals surface area contributed by atoms with E-state index < -0.39 is 0 Å². The predicted molar refractivity (Wildman–Crippen MR) is 72.6 cm³/mol. The lowest BCUT2D eigenvalue weighted by Crippen LogP contribution is -2.26. The van der Waals surface area contributed by atoms with Crippen LogP contribution in [0.5, 0.6) is 5.75 Å². The van der Waals surface area contributed by atoms with Crippen LogP contribution in [0.25, 0.3) is 0 Å². The van der Waals surface area contributed by atoms with Crippen LogP contribution in [-0.2, 0) is 4.74 Å². The summed E-state index contributed by atoms with van der Waals surface area (Å²) in [7, 11) is 1.55. The molecule has 0 aromatic heterocycles. The average Bonchev–Trinajstić information content (AvgIpc) is 2.46. The lowest BCUT2D eigenvalue weighted by atomic mass is 10.0. The Morgan fingerprint density at radius 1 is 1.47 bits per heavy atom. The van der Waals surface area contributed by atoms with E-state index in [1.807, 2.05) is 13.0 Å². The third kappa shape index (κ3) is 3.07. The van der Waals surface area contributed by atoms with Crippen LogP contribution >= 0.6 is 0 Å². The minimum absolute atomic E-state index is 0.277. The molecule has 1 aromatic carbocycles. The van der Waals surface area contributed by atoms with Gasteiger partial charge in [-0.1, -0.05) is 13.0 Å². The van der Waals surface area contributed by atoms with E-state index in [-0.39, 0.29) is 11.9 Å². The van der Waals surface area contributed by atoms with Crippen molar-refractivity contribution >= 4 is 0 Å². The van der Waals surface area contributed by atoms with Gasteiger partial charge in [-0.2, -0.15) is 0 Å². The zero-order valence-electron chi connectivity index (χ0n) is 11.4. The fraction of sp³-hybridized carbons (Fsp3) is 0.467. The highest BCUT2D eigenvalue weighted by molar-refractivity contribution is 5.40. The van der Waals surface area contributed by atoms with Gasteiger partial charge in [0.15, 0.2) is 0 Å². The first kappa shape index (κ1) is 13.9. The zero-order valence-corrected chi connectivity index (χ0v) is 11.4. The van der Waals surface area contributed by atoms with Crippen LogP contribution in [0.4, 0.5) is 4.39 Å². The van der Waals surface area contributed by atoms with Crippen molar-refractivity contribution in [3.8, 4) is 5.75 Å². The highest BCUT2D eigenvalue weighted by Crippen LogP contribution is 2.34. The van der Waals surface area contributed by atoms with Gasteiger partial charge < -0.3 is 14.8 Å². The monoisotopic (exact) mass is 265 g/mol. The summed E-state index contributed by atoms with van der Waals surface area (Å²) >= 11 is 0. The van der Waals surface area contributed by atoms with Gasteiger partial charge in [0, 0.05) is 0 Å². The standard InChI is InChI=1S/C15H20FNO2/c1-3-17-15(13-8-4-5-10-19-13)14-11(16)7-6-9-12(14)18-2/h6-9,15,17H,3-5,10H2,1-2H3. The first-order valence-electron chi connectivity index (χ1n) is 6.66. The second kappa shape index (κ2) is 6.57. The molecule has 1 aliphatic heterocycles.